The molecule has 1 aliphatic rings. The lowest BCUT2D eigenvalue weighted by atomic mass is 10.1. The van der Waals surface area contributed by atoms with Gasteiger partial charge in [0.25, 0.3) is 0 Å². The highest BCUT2D eigenvalue weighted by Crippen LogP contribution is 2.25. The van der Waals surface area contributed by atoms with Crippen LogP contribution in [0.4, 0.5) is 0 Å². The normalized spacial score (nSPS) is 17.2. The molecule has 1 heterocycles. The standard InChI is InChI=1S/C21H30N2O2S/c1-15-8-7-9-17(12-15)21-23-19(16(2)25-21)13-26-14-20(24)22-18-10-5-3-4-6-11-18/h7-9,12,18,20,22,24H,3-6,10-11,13-14H2,1-2H3. The molecule has 1 saturated carbocycles. The van der Waals surface area contributed by atoms with Crippen molar-refractivity contribution in [1.82, 2.24) is 10.3 Å². The molecule has 0 bridgehead atoms. The van der Waals surface area contributed by atoms with E-state index in [-0.39, 0.29) is 0 Å². The molecule has 1 fully saturated rings. The predicted molar refractivity (Wildman–Crippen MR) is 108 cm³/mol. The monoisotopic (exact) mass is 374 g/mol. The first-order chi connectivity index (χ1) is 12.6. The SMILES string of the molecule is Cc1cccc(-c2nc(CSCC(O)NC3CCCCCC3)c(C)o2)c1. The van der Waals surface area contributed by atoms with Crippen LogP contribution in [0.1, 0.15) is 55.5 Å². The minimum Gasteiger partial charge on any atom is -0.441 e. The van der Waals surface area contributed by atoms with E-state index in [0.29, 0.717) is 17.7 Å². The molecule has 26 heavy (non-hydrogen) atoms. The van der Waals surface area contributed by atoms with Gasteiger partial charge < -0.3 is 9.52 Å². The van der Waals surface area contributed by atoms with Gasteiger partial charge in [-0.3, -0.25) is 5.32 Å². The zero-order chi connectivity index (χ0) is 18.4. The molecule has 1 unspecified atom stereocenters. The van der Waals surface area contributed by atoms with Crippen LogP contribution in [-0.4, -0.2) is 28.1 Å². The summed E-state index contributed by atoms with van der Waals surface area (Å²) in [6.45, 7) is 4.03. The lowest BCUT2D eigenvalue weighted by molar-refractivity contribution is 0.141. The van der Waals surface area contributed by atoms with Crippen molar-refractivity contribution in [2.45, 2.75) is 70.4 Å². The van der Waals surface area contributed by atoms with Gasteiger partial charge in [-0.2, -0.15) is 11.8 Å². The van der Waals surface area contributed by atoms with E-state index < -0.39 is 6.23 Å². The van der Waals surface area contributed by atoms with E-state index in [9.17, 15) is 5.11 Å². The Bertz CT molecular complexity index is 693. The first-order valence-corrected chi connectivity index (χ1v) is 10.8. The largest absolute Gasteiger partial charge is 0.441 e. The van der Waals surface area contributed by atoms with Crippen LogP contribution in [0.15, 0.2) is 28.7 Å². The maximum absolute atomic E-state index is 10.3. The van der Waals surface area contributed by atoms with Crippen molar-refractivity contribution in [3.05, 3.63) is 41.3 Å². The van der Waals surface area contributed by atoms with Crippen molar-refractivity contribution in [2.24, 2.45) is 0 Å². The van der Waals surface area contributed by atoms with E-state index in [1.165, 1.54) is 44.1 Å². The molecule has 5 heteroatoms. The molecule has 0 aliphatic heterocycles. The molecule has 0 spiro atoms. The second-order valence-electron chi connectivity index (χ2n) is 7.28. The molecule has 1 atom stereocenters. The van der Waals surface area contributed by atoms with Crippen LogP contribution in [0.5, 0.6) is 0 Å². The third-order valence-corrected chi connectivity index (χ3v) is 5.98. The smallest absolute Gasteiger partial charge is 0.226 e. The molecule has 1 aliphatic carbocycles. The van der Waals surface area contributed by atoms with Gasteiger partial charge >= 0.3 is 0 Å². The summed E-state index contributed by atoms with van der Waals surface area (Å²) >= 11 is 1.70. The summed E-state index contributed by atoms with van der Waals surface area (Å²) in [6, 6.07) is 8.67. The highest BCUT2D eigenvalue weighted by Gasteiger charge is 2.16. The Labute approximate surface area is 160 Å². The number of aliphatic hydroxyl groups is 1. The summed E-state index contributed by atoms with van der Waals surface area (Å²) in [6.07, 6.45) is 7.13. The molecule has 1 aromatic carbocycles. The van der Waals surface area contributed by atoms with Gasteiger partial charge in [-0.1, -0.05) is 43.4 Å². The van der Waals surface area contributed by atoms with Crippen LogP contribution in [0, 0.1) is 13.8 Å². The van der Waals surface area contributed by atoms with Gasteiger partial charge in [0.1, 0.15) is 12.0 Å². The Hall–Kier alpha value is -1.30. The average Bonchev–Trinajstić information content (AvgIpc) is 2.81. The lowest BCUT2D eigenvalue weighted by Gasteiger charge is -2.20. The van der Waals surface area contributed by atoms with Crippen molar-refractivity contribution in [3.63, 3.8) is 0 Å². The fraction of sp³-hybridized carbons (Fsp3) is 0.571. The van der Waals surface area contributed by atoms with E-state index in [1.807, 2.05) is 19.1 Å². The van der Waals surface area contributed by atoms with Crippen molar-refractivity contribution in [2.75, 3.05) is 5.75 Å². The van der Waals surface area contributed by atoms with Gasteiger partial charge in [0.15, 0.2) is 0 Å². The van der Waals surface area contributed by atoms with Crippen molar-refractivity contribution in [1.29, 1.82) is 0 Å². The zero-order valence-electron chi connectivity index (χ0n) is 15.8. The Kier molecular flexibility index (Phi) is 7.17. The second-order valence-corrected chi connectivity index (χ2v) is 8.31. The molecule has 4 nitrogen and oxygen atoms in total. The quantitative estimate of drug-likeness (QED) is 0.537. The molecule has 2 aromatic rings. The van der Waals surface area contributed by atoms with Crippen LogP contribution in [0.2, 0.25) is 0 Å². The number of nitrogens with one attached hydrogen (secondary N) is 1. The number of oxazole rings is 1. The van der Waals surface area contributed by atoms with Crippen molar-refractivity contribution in [3.8, 4) is 11.5 Å². The van der Waals surface area contributed by atoms with E-state index >= 15 is 0 Å². The second kappa shape index (κ2) is 9.58. The number of nitrogens with zero attached hydrogens (tertiary/aromatic N) is 1. The minimum absolute atomic E-state index is 0.452. The maximum Gasteiger partial charge on any atom is 0.226 e. The van der Waals surface area contributed by atoms with Crippen molar-refractivity contribution >= 4 is 11.8 Å². The van der Waals surface area contributed by atoms with Crippen LogP contribution >= 0.6 is 11.8 Å². The molecule has 0 saturated heterocycles. The number of hydrogen-bond donors (Lipinski definition) is 2. The van der Waals surface area contributed by atoms with Crippen LogP contribution in [0.25, 0.3) is 11.5 Å². The summed E-state index contributed by atoms with van der Waals surface area (Å²) in [5.74, 6) is 2.96. The minimum atomic E-state index is -0.452. The number of aliphatic hydroxyl groups excluding tert-OH is 1. The molecule has 1 aromatic heterocycles. The van der Waals surface area contributed by atoms with E-state index in [4.69, 9.17) is 4.42 Å². The first-order valence-electron chi connectivity index (χ1n) is 9.67. The molecule has 3 rings (SSSR count). The summed E-state index contributed by atoms with van der Waals surface area (Å²) in [5.41, 5.74) is 3.18. The Morgan fingerprint density at radius 1 is 1.23 bits per heavy atom. The molecule has 2 N–H and O–H groups in total. The summed E-state index contributed by atoms with van der Waals surface area (Å²) in [5, 5.41) is 13.7. The summed E-state index contributed by atoms with van der Waals surface area (Å²) in [7, 11) is 0. The number of benzene rings is 1. The van der Waals surface area contributed by atoms with Gasteiger partial charge in [0.2, 0.25) is 5.89 Å². The number of hydrogen-bond acceptors (Lipinski definition) is 5. The van der Waals surface area contributed by atoms with Gasteiger partial charge in [0, 0.05) is 23.1 Å². The molecular formula is C21H30N2O2S. The number of aryl methyl sites for hydroxylation is 2. The number of rotatable bonds is 7. The summed E-state index contributed by atoms with van der Waals surface area (Å²) in [4.78, 5) is 4.66. The van der Waals surface area contributed by atoms with Gasteiger partial charge in [-0.05, 0) is 38.8 Å². The number of thioether (sulfide) groups is 1. The lowest BCUT2D eigenvalue weighted by Crippen LogP contribution is -2.39. The van der Waals surface area contributed by atoms with E-state index in [1.54, 1.807) is 11.8 Å². The van der Waals surface area contributed by atoms with Crippen LogP contribution < -0.4 is 5.32 Å². The molecular weight excluding hydrogens is 344 g/mol. The highest BCUT2D eigenvalue weighted by molar-refractivity contribution is 7.98. The molecule has 0 radical (unpaired) electrons. The van der Waals surface area contributed by atoms with E-state index in [0.717, 1.165) is 22.8 Å². The zero-order valence-corrected chi connectivity index (χ0v) is 16.6. The fourth-order valence-electron chi connectivity index (χ4n) is 3.50. The van der Waals surface area contributed by atoms with Gasteiger partial charge in [-0.25, -0.2) is 4.98 Å². The van der Waals surface area contributed by atoms with Gasteiger partial charge in [-0.15, -0.1) is 0 Å². The first kappa shape index (κ1) is 19.5. The maximum atomic E-state index is 10.3. The molecule has 0 amide bonds. The van der Waals surface area contributed by atoms with E-state index in [2.05, 4.69) is 29.4 Å². The van der Waals surface area contributed by atoms with Crippen LogP contribution in [-0.2, 0) is 5.75 Å². The summed E-state index contributed by atoms with van der Waals surface area (Å²) < 4.78 is 5.85. The average molecular weight is 375 g/mol. The Morgan fingerprint density at radius 2 is 2.00 bits per heavy atom. The Morgan fingerprint density at radius 3 is 2.73 bits per heavy atom. The third kappa shape index (κ3) is 5.60. The van der Waals surface area contributed by atoms with Crippen molar-refractivity contribution < 1.29 is 9.52 Å². The predicted octanol–water partition coefficient (Wildman–Crippen LogP) is 4.82. The Balaban J connectivity index is 1.48. The third-order valence-electron chi connectivity index (χ3n) is 4.96. The molecule has 142 valence electrons. The number of aromatic nitrogens is 1. The van der Waals surface area contributed by atoms with Gasteiger partial charge in [0.05, 0.1) is 5.69 Å². The fourth-order valence-corrected chi connectivity index (χ4v) is 4.40. The highest BCUT2D eigenvalue weighted by atomic mass is 32.2. The topological polar surface area (TPSA) is 58.3 Å². The van der Waals surface area contributed by atoms with Crippen LogP contribution in [0.3, 0.4) is 0 Å².